The Hall–Kier alpha value is -2.01. The molecule has 120 valence electrons. The first-order valence-electron chi connectivity index (χ1n) is 7.38. The number of amides is 1. The van der Waals surface area contributed by atoms with E-state index >= 15 is 0 Å². The maximum Gasteiger partial charge on any atom is 0.246 e. The lowest BCUT2D eigenvalue weighted by atomic mass is 10.1. The lowest BCUT2D eigenvalue weighted by molar-refractivity contribution is -0.137. The van der Waals surface area contributed by atoms with E-state index in [2.05, 4.69) is 0 Å². The second-order valence-electron chi connectivity index (χ2n) is 5.45. The Morgan fingerprint density at radius 1 is 1.18 bits per heavy atom. The molecule has 1 fully saturated rings. The Bertz CT molecular complexity index is 546. The third-order valence-electron chi connectivity index (χ3n) is 3.56. The van der Waals surface area contributed by atoms with E-state index < -0.39 is 0 Å². The number of hydrogen-bond acceptors (Lipinski definition) is 4. The molecule has 1 saturated heterocycles. The Labute approximate surface area is 131 Å². The van der Waals surface area contributed by atoms with Crippen LogP contribution < -0.4 is 9.47 Å². The summed E-state index contributed by atoms with van der Waals surface area (Å²) in [6, 6.07) is 5.55. The van der Waals surface area contributed by atoms with Crippen LogP contribution in [-0.4, -0.2) is 50.3 Å². The maximum atomic E-state index is 12.3. The van der Waals surface area contributed by atoms with Gasteiger partial charge in [0.05, 0.1) is 26.4 Å². The SMILES string of the molecule is COc1ccc(/C=C/C(=O)N2C[C@@H](C)O[C@@H](C)C2)cc1OC. The van der Waals surface area contributed by atoms with Gasteiger partial charge in [-0.2, -0.15) is 0 Å². The minimum Gasteiger partial charge on any atom is -0.493 e. The van der Waals surface area contributed by atoms with Crippen molar-refractivity contribution in [3.63, 3.8) is 0 Å². The van der Waals surface area contributed by atoms with Gasteiger partial charge in [0.1, 0.15) is 0 Å². The summed E-state index contributed by atoms with van der Waals surface area (Å²) in [5.41, 5.74) is 0.889. The zero-order valence-electron chi connectivity index (χ0n) is 13.5. The van der Waals surface area contributed by atoms with Crippen molar-refractivity contribution in [3.05, 3.63) is 29.8 Å². The number of methoxy groups -OCH3 is 2. The lowest BCUT2D eigenvalue weighted by Crippen LogP contribution is -2.47. The first kappa shape index (κ1) is 16.4. The van der Waals surface area contributed by atoms with Crippen molar-refractivity contribution in [2.45, 2.75) is 26.1 Å². The van der Waals surface area contributed by atoms with Gasteiger partial charge < -0.3 is 19.1 Å². The van der Waals surface area contributed by atoms with Crippen LogP contribution in [0, 0.1) is 0 Å². The summed E-state index contributed by atoms with van der Waals surface area (Å²) in [6.07, 6.45) is 3.52. The summed E-state index contributed by atoms with van der Waals surface area (Å²) < 4.78 is 16.1. The van der Waals surface area contributed by atoms with Crippen LogP contribution in [0.2, 0.25) is 0 Å². The van der Waals surface area contributed by atoms with Crippen molar-refractivity contribution in [2.24, 2.45) is 0 Å². The number of rotatable bonds is 4. The quantitative estimate of drug-likeness (QED) is 0.801. The van der Waals surface area contributed by atoms with E-state index in [0.29, 0.717) is 24.6 Å². The minimum atomic E-state index is -0.00298. The molecule has 2 rings (SSSR count). The van der Waals surface area contributed by atoms with Gasteiger partial charge in [0.2, 0.25) is 5.91 Å². The monoisotopic (exact) mass is 305 g/mol. The van der Waals surface area contributed by atoms with Gasteiger partial charge in [-0.25, -0.2) is 0 Å². The summed E-state index contributed by atoms with van der Waals surface area (Å²) in [6.45, 7) is 5.21. The highest BCUT2D eigenvalue weighted by atomic mass is 16.5. The number of ether oxygens (including phenoxy) is 3. The predicted molar refractivity (Wildman–Crippen MR) is 85.2 cm³/mol. The van der Waals surface area contributed by atoms with Crippen LogP contribution in [-0.2, 0) is 9.53 Å². The summed E-state index contributed by atoms with van der Waals surface area (Å²) in [7, 11) is 3.19. The molecule has 0 radical (unpaired) electrons. The highest BCUT2D eigenvalue weighted by molar-refractivity contribution is 5.92. The molecule has 0 aliphatic carbocycles. The van der Waals surface area contributed by atoms with Crippen molar-refractivity contribution < 1.29 is 19.0 Å². The molecule has 2 atom stereocenters. The summed E-state index contributed by atoms with van der Waals surface area (Å²) in [5.74, 6) is 1.31. The average Bonchev–Trinajstić information content (AvgIpc) is 2.51. The van der Waals surface area contributed by atoms with Crippen LogP contribution in [0.5, 0.6) is 11.5 Å². The van der Waals surface area contributed by atoms with Crippen LogP contribution in [0.3, 0.4) is 0 Å². The molecule has 0 unspecified atom stereocenters. The van der Waals surface area contributed by atoms with Crippen LogP contribution in [0.15, 0.2) is 24.3 Å². The molecule has 1 aliphatic rings. The van der Waals surface area contributed by atoms with Crippen molar-refractivity contribution >= 4 is 12.0 Å². The number of carbonyl (C=O) groups excluding carboxylic acids is 1. The van der Waals surface area contributed by atoms with Crippen LogP contribution in [0.4, 0.5) is 0 Å². The lowest BCUT2D eigenvalue weighted by Gasteiger charge is -2.34. The standard InChI is InChI=1S/C17H23NO4/c1-12-10-18(11-13(2)22-12)17(19)8-6-14-5-7-15(20-3)16(9-14)21-4/h5-9,12-13H,10-11H2,1-4H3/b8-6+/t12-,13+. The first-order valence-corrected chi connectivity index (χ1v) is 7.38. The highest BCUT2D eigenvalue weighted by Crippen LogP contribution is 2.28. The third kappa shape index (κ3) is 4.01. The van der Waals surface area contributed by atoms with Gasteiger partial charge in [0.25, 0.3) is 0 Å². The Kier molecular flexibility index (Phi) is 5.44. The molecule has 5 heteroatoms. The molecule has 0 aromatic heterocycles. The molecule has 0 spiro atoms. The van der Waals surface area contributed by atoms with Gasteiger partial charge in [-0.15, -0.1) is 0 Å². The van der Waals surface area contributed by atoms with Crippen molar-refractivity contribution in [1.29, 1.82) is 0 Å². The molecule has 0 bridgehead atoms. The number of nitrogens with zero attached hydrogens (tertiary/aromatic N) is 1. The highest BCUT2D eigenvalue weighted by Gasteiger charge is 2.24. The molecule has 1 heterocycles. The molecule has 1 aromatic carbocycles. The van der Waals surface area contributed by atoms with Gasteiger partial charge in [0, 0.05) is 19.2 Å². The zero-order chi connectivity index (χ0) is 16.1. The molecule has 22 heavy (non-hydrogen) atoms. The van der Waals surface area contributed by atoms with E-state index in [0.717, 1.165) is 5.56 Å². The number of hydrogen-bond donors (Lipinski definition) is 0. The van der Waals surface area contributed by atoms with Gasteiger partial charge in [-0.05, 0) is 37.6 Å². The minimum absolute atomic E-state index is 0.00298. The number of carbonyl (C=O) groups is 1. The zero-order valence-corrected chi connectivity index (χ0v) is 13.5. The van der Waals surface area contributed by atoms with Crippen molar-refractivity contribution in [2.75, 3.05) is 27.3 Å². The molecule has 1 amide bonds. The second-order valence-corrected chi connectivity index (χ2v) is 5.45. The predicted octanol–water partition coefficient (Wildman–Crippen LogP) is 2.35. The van der Waals surface area contributed by atoms with Gasteiger partial charge in [-0.1, -0.05) is 6.07 Å². The van der Waals surface area contributed by atoms with Gasteiger partial charge >= 0.3 is 0 Å². The van der Waals surface area contributed by atoms with Crippen molar-refractivity contribution in [1.82, 2.24) is 4.90 Å². The van der Waals surface area contributed by atoms with Crippen LogP contribution in [0.1, 0.15) is 19.4 Å². The Balaban J connectivity index is 2.06. The average molecular weight is 305 g/mol. The third-order valence-corrected chi connectivity index (χ3v) is 3.56. The number of morpholine rings is 1. The molecular weight excluding hydrogens is 282 g/mol. The second kappa shape index (κ2) is 7.31. The van der Waals surface area contributed by atoms with E-state index in [9.17, 15) is 4.79 Å². The molecule has 1 aliphatic heterocycles. The number of benzene rings is 1. The Morgan fingerprint density at radius 2 is 1.82 bits per heavy atom. The maximum absolute atomic E-state index is 12.3. The molecule has 5 nitrogen and oxygen atoms in total. The van der Waals surface area contributed by atoms with Gasteiger partial charge in [-0.3, -0.25) is 4.79 Å². The van der Waals surface area contributed by atoms with E-state index in [4.69, 9.17) is 14.2 Å². The molecule has 0 saturated carbocycles. The molecular formula is C17H23NO4. The molecule has 0 N–H and O–H groups in total. The van der Waals surface area contributed by atoms with Gasteiger partial charge in [0.15, 0.2) is 11.5 Å². The fourth-order valence-electron chi connectivity index (χ4n) is 2.59. The molecule has 1 aromatic rings. The first-order chi connectivity index (χ1) is 10.5. The normalized spacial score (nSPS) is 21.9. The van der Waals surface area contributed by atoms with E-state index in [1.165, 1.54) is 0 Å². The van der Waals surface area contributed by atoms with Crippen LogP contribution >= 0.6 is 0 Å². The summed E-state index contributed by atoms with van der Waals surface area (Å²) >= 11 is 0. The topological polar surface area (TPSA) is 48.0 Å². The largest absolute Gasteiger partial charge is 0.493 e. The fraction of sp³-hybridized carbons (Fsp3) is 0.471. The van der Waals surface area contributed by atoms with E-state index in [-0.39, 0.29) is 18.1 Å². The summed E-state index contributed by atoms with van der Waals surface area (Å²) in [5, 5.41) is 0. The smallest absolute Gasteiger partial charge is 0.246 e. The van der Waals surface area contributed by atoms with Crippen molar-refractivity contribution in [3.8, 4) is 11.5 Å². The Morgan fingerprint density at radius 3 is 2.41 bits per heavy atom. The fourth-order valence-corrected chi connectivity index (χ4v) is 2.59. The van der Waals surface area contributed by atoms with E-state index in [1.807, 2.05) is 36.9 Å². The summed E-state index contributed by atoms with van der Waals surface area (Å²) in [4.78, 5) is 14.1. The van der Waals surface area contributed by atoms with Crippen LogP contribution in [0.25, 0.3) is 6.08 Å². The van der Waals surface area contributed by atoms with E-state index in [1.54, 1.807) is 26.4 Å².